The molecular weight excluding hydrogens is 206 g/mol. The Kier molecular flexibility index (Phi) is 5.36. The molecule has 0 saturated carbocycles. The second-order valence-corrected chi connectivity index (χ2v) is 4.73. The minimum Gasteiger partial charge on any atom is -0.388 e. The summed E-state index contributed by atoms with van der Waals surface area (Å²) in [6.45, 7) is 8.58. The van der Waals surface area contributed by atoms with Crippen LogP contribution in [0.1, 0.15) is 19.3 Å². The van der Waals surface area contributed by atoms with Crippen LogP contribution in [0.25, 0.3) is 0 Å². The zero-order chi connectivity index (χ0) is 11.1. The Morgan fingerprint density at radius 3 is 2.87 bits per heavy atom. The van der Waals surface area contributed by atoms with Crippen LogP contribution < -0.4 is 16.6 Å². The van der Waals surface area contributed by atoms with Crippen molar-refractivity contribution in [3.8, 4) is 0 Å². The smallest absolute Gasteiger partial charge is 0.0205 e. The lowest BCUT2D eigenvalue weighted by Gasteiger charge is -2.10. The maximum atomic E-state index is 5.21. The molecule has 4 N–H and O–H groups in total. The summed E-state index contributed by atoms with van der Waals surface area (Å²) in [6.07, 6.45) is 5.26. The maximum Gasteiger partial charge on any atom is 0.0205 e. The van der Waals surface area contributed by atoms with E-state index in [-0.39, 0.29) is 0 Å². The average Bonchev–Trinajstić information content (AvgIpc) is 2.70. The van der Waals surface area contributed by atoms with Crippen LogP contribution >= 0.6 is 11.8 Å². The van der Waals surface area contributed by atoms with Crippen molar-refractivity contribution in [3.05, 3.63) is 35.5 Å². The van der Waals surface area contributed by atoms with Crippen molar-refractivity contribution in [1.29, 1.82) is 0 Å². The normalized spacial score (nSPS) is 14.6. The monoisotopic (exact) mass is 225 g/mol. The van der Waals surface area contributed by atoms with Gasteiger partial charge < -0.3 is 10.7 Å². The number of hydrogen-bond donors (Lipinski definition) is 3. The number of nitrogens with one attached hydrogen (secondary N) is 2. The number of hydrogen-bond acceptors (Lipinski definition) is 4. The minimum absolute atomic E-state index is 0.821. The summed E-state index contributed by atoms with van der Waals surface area (Å²) < 4.78 is 0. The van der Waals surface area contributed by atoms with Crippen molar-refractivity contribution in [2.45, 2.75) is 19.3 Å². The zero-order valence-electron chi connectivity index (χ0n) is 9.01. The first-order valence-electron chi connectivity index (χ1n) is 5.10. The molecule has 0 aromatic rings. The number of rotatable bonds is 7. The van der Waals surface area contributed by atoms with Crippen molar-refractivity contribution in [1.82, 2.24) is 10.7 Å². The summed E-state index contributed by atoms with van der Waals surface area (Å²) in [4.78, 5) is 1.43. The summed E-state index contributed by atoms with van der Waals surface area (Å²) in [6, 6.07) is 0. The molecule has 0 radical (unpaired) electrons. The summed E-state index contributed by atoms with van der Waals surface area (Å²) in [5.74, 6) is 6.43. The number of thioether (sulfide) groups is 1. The van der Waals surface area contributed by atoms with E-state index < -0.39 is 0 Å². The zero-order valence-corrected chi connectivity index (χ0v) is 9.83. The molecule has 3 nitrogen and oxygen atoms in total. The van der Waals surface area contributed by atoms with Gasteiger partial charge in [-0.3, -0.25) is 5.84 Å². The lowest BCUT2D eigenvalue weighted by Crippen LogP contribution is -2.23. The summed E-state index contributed by atoms with van der Waals surface area (Å²) in [5, 5.41) is 3.27. The Balaban J connectivity index is 2.10. The molecule has 0 spiro atoms. The van der Waals surface area contributed by atoms with Gasteiger partial charge in [-0.15, -0.1) is 11.8 Å². The van der Waals surface area contributed by atoms with Crippen LogP contribution in [0, 0.1) is 0 Å². The Hall–Kier alpha value is -0.870. The predicted octanol–water partition coefficient (Wildman–Crippen LogP) is 1.87. The second-order valence-electron chi connectivity index (χ2n) is 3.51. The van der Waals surface area contributed by atoms with Gasteiger partial charge in [0.25, 0.3) is 0 Å². The fourth-order valence-corrected chi connectivity index (χ4v) is 2.34. The van der Waals surface area contributed by atoms with Crippen LogP contribution in [0.4, 0.5) is 0 Å². The van der Waals surface area contributed by atoms with E-state index in [0.717, 1.165) is 30.8 Å². The van der Waals surface area contributed by atoms with Gasteiger partial charge in [0.2, 0.25) is 0 Å². The fraction of sp³-hybridized carbons (Fsp3) is 0.455. The van der Waals surface area contributed by atoms with Crippen molar-refractivity contribution >= 4 is 11.8 Å². The Morgan fingerprint density at radius 1 is 1.47 bits per heavy atom. The predicted molar refractivity (Wildman–Crippen MR) is 68.0 cm³/mol. The third-order valence-corrected chi connectivity index (χ3v) is 3.29. The molecule has 0 atom stereocenters. The van der Waals surface area contributed by atoms with Gasteiger partial charge >= 0.3 is 0 Å². The van der Waals surface area contributed by atoms with Crippen molar-refractivity contribution in [2.24, 2.45) is 5.84 Å². The van der Waals surface area contributed by atoms with Crippen molar-refractivity contribution < 1.29 is 0 Å². The summed E-state index contributed by atoms with van der Waals surface area (Å²) >= 11 is 1.93. The molecule has 0 unspecified atom stereocenters. The van der Waals surface area contributed by atoms with Crippen LogP contribution in [-0.2, 0) is 0 Å². The van der Waals surface area contributed by atoms with Crippen LogP contribution in [0.2, 0.25) is 0 Å². The second kappa shape index (κ2) is 6.58. The number of allylic oxidation sites excluding steroid dienone is 2. The van der Waals surface area contributed by atoms with Gasteiger partial charge in [0.1, 0.15) is 0 Å². The molecule has 0 aliphatic carbocycles. The van der Waals surface area contributed by atoms with E-state index in [1.54, 1.807) is 0 Å². The van der Waals surface area contributed by atoms with E-state index in [0.29, 0.717) is 0 Å². The largest absolute Gasteiger partial charge is 0.388 e. The molecule has 0 bridgehead atoms. The highest BCUT2D eigenvalue weighted by Crippen LogP contribution is 2.28. The summed E-state index contributed by atoms with van der Waals surface area (Å²) in [5.41, 5.74) is 4.44. The highest BCUT2D eigenvalue weighted by Gasteiger charge is 2.06. The molecule has 84 valence electrons. The van der Waals surface area contributed by atoms with Crippen LogP contribution in [0.5, 0.6) is 0 Å². The van der Waals surface area contributed by atoms with Gasteiger partial charge in [-0.25, -0.2) is 0 Å². The first-order chi connectivity index (χ1) is 7.22. The lowest BCUT2D eigenvalue weighted by atomic mass is 10.2. The molecule has 0 fully saturated rings. The highest BCUT2D eigenvalue weighted by molar-refractivity contribution is 8.03. The molecule has 4 heteroatoms. The Bertz CT molecular complexity index is 271. The standard InChI is InChI=1S/C11H19N3S/c1-9(14-12)5-6-13-10(2)8-11-4-3-7-15-11/h4,13-14H,1-3,5-8,12H2. The van der Waals surface area contributed by atoms with Gasteiger partial charge in [-0.1, -0.05) is 19.2 Å². The molecule has 15 heavy (non-hydrogen) atoms. The average molecular weight is 225 g/mol. The molecule has 1 rings (SSSR count). The Morgan fingerprint density at radius 2 is 2.27 bits per heavy atom. The number of nitrogens with two attached hydrogens (primary N) is 1. The number of hydrazine groups is 1. The molecule has 1 aliphatic rings. The van der Waals surface area contributed by atoms with E-state index in [2.05, 4.69) is 30.0 Å². The fourth-order valence-electron chi connectivity index (χ4n) is 1.33. The maximum absolute atomic E-state index is 5.21. The SMILES string of the molecule is C=C(CCNC(=C)CC1=CCCS1)NN. The van der Waals surface area contributed by atoms with Crippen molar-refractivity contribution in [2.75, 3.05) is 12.3 Å². The van der Waals surface area contributed by atoms with Gasteiger partial charge in [-0.2, -0.15) is 0 Å². The highest BCUT2D eigenvalue weighted by atomic mass is 32.2. The topological polar surface area (TPSA) is 50.1 Å². The van der Waals surface area contributed by atoms with Gasteiger partial charge in [-0.05, 0) is 11.3 Å². The van der Waals surface area contributed by atoms with Gasteiger partial charge in [0.05, 0.1) is 0 Å². The van der Waals surface area contributed by atoms with Crippen LogP contribution in [-0.4, -0.2) is 12.3 Å². The van der Waals surface area contributed by atoms with E-state index in [4.69, 9.17) is 5.84 Å². The van der Waals surface area contributed by atoms with E-state index in [1.807, 2.05) is 11.8 Å². The van der Waals surface area contributed by atoms with Crippen molar-refractivity contribution in [3.63, 3.8) is 0 Å². The van der Waals surface area contributed by atoms with Gasteiger partial charge in [0.15, 0.2) is 0 Å². The molecule has 1 aliphatic heterocycles. The molecular formula is C11H19N3S. The molecule has 0 aromatic heterocycles. The lowest BCUT2D eigenvalue weighted by molar-refractivity contribution is 0.721. The first kappa shape index (κ1) is 12.2. The van der Waals surface area contributed by atoms with E-state index in [1.165, 1.54) is 17.1 Å². The summed E-state index contributed by atoms with van der Waals surface area (Å²) in [7, 11) is 0. The quantitative estimate of drug-likeness (QED) is 0.457. The third kappa shape index (κ3) is 4.95. The van der Waals surface area contributed by atoms with Crippen LogP contribution in [0.15, 0.2) is 35.5 Å². The van der Waals surface area contributed by atoms with Gasteiger partial charge in [0, 0.05) is 36.5 Å². The van der Waals surface area contributed by atoms with Crippen LogP contribution in [0.3, 0.4) is 0 Å². The molecule has 0 saturated heterocycles. The third-order valence-electron chi connectivity index (χ3n) is 2.17. The molecule has 1 heterocycles. The van der Waals surface area contributed by atoms with E-state index >= 15 is 0 Å². The molecule has 0 amide bonds. The molecule has 0 aromatic carbocycles. The first-order valence-corrected chi connectivity index (χ1v) is 6.09. The van der Waals surface area contributed by atoms with E-state index in [9.17, 15) is 0 Å². The minimum atomic E-state index is 0.821. The Labute approximate surface area is 95.8 Å².